The van der Waals surface area contributed by atoms with Gasteiger partial charge in [0.1, 0.15) is 29.7 Å². The van der Waals surface area contributed by atoms with Crippen LogP contribution in [0.3, 0.4) is 0 Å². The van der Waals surface area contributed by atoms with Crippen LogP contribution in [-0.4, -0.2) is 34.9 Å². The number of methoxy groups -OCH3 is 2. The highest BCUT2D eigenvalue weighted by molar-refractivity contribution is 6.32. The predicted molar refractivity (Wildman–Crippen MR) is 114 cm³/mol. The van der Waals surface area contributed by atoms with Crippen LogP contribution >= 0.6 is 11.6 Å². The number of aromatic nitrogens is 3. The van der Waals surface area contributed by atoms with Crippen LogP contribution in [0.5, 0.6) is 11.5 Å². The predicted octanol–water partition coefficient (Wildman–Crippen LogP) is 4.02. The molecule has 0 saturated heterocycles. The number of nitrogens with one attached hydrogen (secondary N) is 2. The molecule has 3 aromatic rings. The first-order valence-corrected chi connectivity index (χ1v) is 9.67. The number of amides is 1. The summed E-state index contributed by atoms with van der Waals surface area (Å²) >= 11 is 6.16. The molecule has 1 atom stereocenters. The van der Waals surface area contributed by atoms with Gasteiger partial charge < -0.3 is 20.1 Å². The maximum absolute atomic E-state index is 14.7. The normalized spacial score (nSPS) is 15.2. The lowest BCUT2D eigenvalue weighted by atomic mass is 9.94. The van der Waals surface area contributed by atoms with E-state index < -0.39 is 17.8 Å². The van der Waals surface area contributed by atoms with Crippen molar-refractivity contribution < 1.29 is 18.7 Å². The summed E-state index contributed by atoms with van der Waals surface area (Å²) in [7, 11) is 2.93. The third kappa shape index (κ3) is 3.68. The third-order valence-electron chi connectivity index (χ3n) is 4.96. The molecule has 0 spiro atoms. The van der Waals surface area contributed by atoms with Crippen molar-refractivity contribution in [2.45, 2.75) is 13.0 Å². The quantitative estimate of drug-likeness (QED) is 0.619. The highest BCUT2D eigenvalue weighted by Crippen LogP contribution is 2.39. The standard InChI is InChI=1S/C21H19ClFN5O3/c1-11-18(20(29)27-15-9-16(30-2)13(22)8-17(15)31-3)19(12-6-4-5-7-14(12)23)28-21(26-11)24-10-25-28/h4-10,19H,1-3H3,(H,27,29)(H,24,25,26). The average molecular weight is 444 g/mol. The number of nitrogens with zero attached hydrogens (tertiary/aromatic N) is 3. The Kier molecular flexibility index (Phi) is 5.51. The number of hydrogen-bond acceptors (Lipinski definition) is 6. The van der Waals surface area contributed by atoms with Crippen LogP contribution < -0.4 is 20.1 Å². The van der Waals surface area contributed by atoms with Gasteiger partial charge in [-0.1, -0.05) is 29.8 Å². The van der Waals surface area contributed by atoms with Crippen LogP contribution in [0.15, 0.2) is 54.0 Å². The minimum atomic E-state index is -0.819. The monoisotopic (exact) mass is 443 g/mol. The second-order valence-corrected chi connectivity index (χ2v) is 7.16. The summed E-state index contributed by atoms with van der Waals surface area (Å²) in [6.07, 6.45) is 1.34. The minimum absolute atomic E-state index is 0.277. The van der Waals surface area contributed by atoms with Crippen LogP contribution in [0.2, 0.25) is 5.02 Å². The lowest BCUT2D eigenvalue weighted by molar-refractivity contribution is -0.113. The zero-order valence-electron chi connectivity index (χ0n) is 16.9. The molecule has 2 N–H and O–H groups in total. The average Bonchev–Trinajstić information content (AvgIpc) is 3.22. The molecule has 0 saturated carbocycles. The molecule has 1 aliphatic rings. The summed E-state index contributed by atoms with van der Waals surface area (Å²) in [6, 6.07) is 8.53. The Hall–Kier alpha value is -3.59. The Balaban J connectivity index is 1.79. The molecule has 1 aliphatic heterocycles. The van der Waals surface area contributed by atoms with Crippen molar-refractivity contribution >= 4 is 29.1 Å². The van der Waals surface area contributed by atoms with Crippen molar-refractivity contribution in [3.8, 4) is 11.5 Å². The maximum Gasteiger partial charge on any atom is 0.255 e. The molecular weight excluding hydrogens is 425 g/mol. The number of carbonyl (C=O) groups is 1. The molecular formula is C21H19ClFN5O3. The molecule has 8 nitrogen and oxygen atoms in total. The summed E-state index contributed by atoms with van der Waals surface area (Å²) in [5, 5.41) is 10.4. The van der Waals surface area contributed by atoms with Gasteiger partial charge in [-0.05, 0) is 13.0 Å². The molecule has 0 aliphatic carbocycles. The van der Waals surface area contributed by atoms with E-state index in [9.17, 15) is 9.18 Å². The highest BCUT2D eigenvalue weighted by atomic mass is 35.5. The Morgan fingerprint density at radius 3 is 2.68 bits per heavy atom. The van der Waals surface area contributed by atoms with Crippen LogP contribution in [-0.2, 0) is 4.79 Å². The molecule has 0 fully saturated rings. The van der Waals surface area contributed by atoms with E-state index in [1.165, 1.54) is 31.3 Å². The second-order valence-electron chi connectivity index (χ2n) is 6.76. The Morgan fingerprint density at radius 1 is 1.23 bits per heavy atom. The number of fused-ring (bicyclic) bond motifs is 1. The van der Waals surface area contributed by atoms with Crippen LogP contribution in [0.4, 0.5) is 16.0 Å². The van der Waals surface area contributed by atoms with Crippen molar-refractivity contribution in [1.82, 2.24) is 14.8 Å². The van der Waals surface area contributed by atoms with Gasteiger partial charge >= 0.3 is 0 Å². The zero-order chi connectivity index (χ0) is 22.1. The molecule has 1 amide bonds. The molecule has 0 bridgehead atoms. The highest BCUT2D eigenvalue weighted by Gasteiger charge is 2.35. The topological polar surface area (TPSA) is 90.3 Å². The second kappa shape index (κ2) is 8.27. The summed E-state index contributed by atoms with van der Waals surface area (Å²) in [4.78, 5) is 17.6. The first-order valence-electron chi connectivity index (χ1n) is 9.29. The molecule has 2 aromatic carbocycles. The van der Waals surface area contributed by atoms with Gasteiger partial charge in [0.25, 0.3) is 5.91 Å². The minimum Gasteiger partial charge on any atom is -0.495 e. The van der Waals surface area contributed by atoms with Crippen LogP contribution in [0.25, 0.3) is 0 Å². The summed E-state index contributed by atoms with van der Waals surface area (Å²) in [5.74, 6) is 0.203. The van der Waals surface area contributed by atoms with Gasteiger partial charge in [-0.2, -0.15) is 10.1 Å². The van der Waals surface area contributed by atoms with E-state index in [0.717, 1.165) is 0 Å². The number of benzene rings is 2. The van der Waals surface area contributed by atoms with Gasteiger partial charge in [0.15, 0.2) is 0 Å². The molecule has 1 aromatic heterocycles. The number of rotatable bonds is 5. The van der Waals surface area contributed by atoms with E-state index in [-0.39, 0.29) is 5.57 Å². The summed E-state index contributed by atoms with van der Waals surface area (Å²) in [6.45, 7) is 1.72. The lowest BCUT2D eigenvalue weighted by Gasteiger charge is -2.29. The van der Waals surface area contributed by atoms with Crippen molar-refractivity contribution in [2.75, 3.05) is 24.9 Å². The van der Waals surface area contributed by atoms with Gasteiger partial charge in [0.05, 0.1) is 30.5 Å². The number of allylic oxidation sites excluding steroid dienone is 1. The van der Waals surface area contributed by atoms with Gasteiger partial charge in [-0.3, -0.25) is 4.79 Å². The molecule has 0 radical (unpaired) electrons. The van der Waals surface area contributed by atoms with Gasteiger partial charge in [0.2, 0.25) is 5.95 Å². The van der Waals surface area contributed by atoms with Crippen molar-refractivity contribution in [2.24, 2.45) is 0 Å². The van der Waals surface area contributed by atoms with Gasteiger partial charge in [0, 0.05) is 23.4 Å². The maximum atomic E-state index is 14.7. The Bertz CT molecular complexity index is 1190. The fraction of sp³-hybridized carbons (Fsp3) is 0.190. The smallest absolute Gasteiger partial charge is 0.255 e. The van der Waals surface area contributed by atoms with E-state index >= 15 is 0 Å². The molecule has 31 heavy (non-hydrogen) atoms. The van der Waals surface area contributed by atoms with Gasteiger partial charge in [-0.15, -0.1) is 0 Å². The van der Waals surface area contributed by atoms with Crippen LogP contribution in [0.1, 0.15) is 18.5 Å². The van der Waals surface area contributed by atoms with Crippen LogP contribution in [0, 0.1) is 5.82 Å². The summed E-state index contributed by atoms with van der Waals surface area (Å²) in [5.41, 5.74) is 1.44. The molecule has 2 heterocycles. The van der Waals surface area contributed by atoms with E-state index in [4.69, 9.17) is 21.1 Å². The third-order valence-corrected chi connectivity index (χ3v) is 5.26. The molecule has 1 unspecified atom stereocenters. The number of halogens is 2. The van der Waals surface area contributed by atoms with Crippen molar-refractivity contribution in [3.63, 3.8) is 0 Å². The summed E-state index contributed by atoms with van der Waals surface area (Å²) < 4.78 is 26.8. The van der Waals surface area contributed by atoms with E-state index in [0.29, 0.717) is 39.4 Å². The zero-order valence-corrected chi connectivity index (χ0v) is 17.7. The van der Waals surface area contributed by atoms with Gasteiger partial charge in [-0.25, -0.2) is 9.07 Å². The Labute approximate surface area is 182 Å². The number of hydrogen-bond donors (Lipinski definition) is 2. The largest absolute Gasteiger partial charge is 0.495 e. The van der Waals surface area contributed by atoms with E-state index in [2.05, 4.69) is 20.7 Å². The first-order chi connectivity index (χ1) is 14.9. The first kappa shape index (κ1) is 20.7. The molecule has 4 rings (SSSR count). The Morgan fingerprint density at radius 2 is 1.97 bits per heavy atom. The van der Waals surface area contributed by atoms with E-state index in [1.54, 1.807) is 37.3 Å². The van der Waals surface area contributed by atoms with Crippen molar-refractivity contribution in [3.05, 3.63) is 70.4 Å². The number of anilines is 2. The fourth-order valence-electron chi connectivity index (χ4n) is 3.52. The lowest BCUT2D eigenvalue weighted by Crippen LogP contribution is -2.32. The number of carbonyl (C=O) groups excluding carboxylic acids is 1. The number of ether oxygens (including phenoxy) is 2. The fourth-order valence-corrected chi connectivity index (χ4v) is 3.75. The SMILES string of the molecule is COc1cc(NC(=O)C2=C(C)Nc3ncnn3C2c2ccccc2F)c(OC)cc1Cl. The molecule has 160 valence electrons. The molecule has 10 heteroatoms. The van der Waals surface area contributed by atoms with Crippen molar-refractivity contribution in [1.29, 1.82) is 0 Å². The van der Waals surface area contributed by atoms with E-state index in [1.807, 2.05) is 0 Å².